The molecule has 0 aliphatic carbocycles. The zero-order valence-corrected chi connectivity index (χ0v) is 14.3. The molecule has 3 unspecified atom stereocenters. The van der Waals surface area contributed by atoms with Crippen LogP contribution >= 0.6 is 0 Å². The van der Waals surface area contributed by atoms with Crippen LogP contribution in [0.25, 0.3) is 0 Å². The van der Waals surface area contributed by atoms with Gasteiger partial charge in [0.05, 0.1) is 0 Å². The number of ether oxygens (including phenoxy) is 2. The Balaban J connectivity index is 0.00000254. The average Bonchev–Trinajstić information content (AvgIpc) is 3.03. The van der Waals surface area contributed by atoms with Crippen molar-refractivity contribution < 1.29 is 19.1 Å². The molecule has 0 saturated heterocycles. The Hall–Kier alpha value is -2.56. The van der Waals surface area contributed by atoms with Crippen molar-refractivity contribution in [2.24, 2.45) is 5.73 Å². The summed E-state index contributed by atoms with van der Waals surface area (Å²) in [5.41, 5.74) is 6.74. The van der Waals surface area contributed by atoms with Crippen LogP contribution in [0.15, 0.2) is 36.2 Å². The number of carbonyl (C=O) groups excluding carboxylic acids is 2. The third kappa shape index (κ3) is 7.13. The SMILES string of the molecule is C#C.C=C(NC=O)/C(C)=C\N(C)C1C=CC(COC(=O)C(C)N)O1. The van der Waals surface area contributed by atoms with Gasteiger partial charge in [-0.25, -0.2) is 0 Å². The van der Waals surface area contributed by atoms with Crippen LogP contribution in [-0.2, 0) is 19.1 Å². The standard InChI is InChI=1S/C15H23N3O4.C2H2/c1-10(12(3)17-9-19)7-18(4)14-6-5-13(22-14)8-21-15(20)11(2)16;1-2/h5-7,9,11,13-14H,3,8,16H2,1-2,4H3,(H,17,19);1-2H/b10-7-;. The lowest BCUT2D eigenvalue weighted by molar-refractivity contribution is -0.149. The fourth-order valence-corrected chi connectivity index (χ4v) is 1.75. The van der Waals surface area contributed by atoms with Gasteiger partial charge in [-0.05, 0) is 25.5 Å². The highest BCUT2D eigenvalue weighted by atomic mass is 16.6. The molecule has 7 nitrogen and oxygen atoms in total. The van der Waals surface area contributed by atoms with Crippen LogP contribution in [0.2, 0.25) is 0 Å². The van der Waals surface area contributed by atoms with E-state index in [1.165, 1.54) is 0 Å². The highest BCUT2D eigenvalue weighted by molar-refractivity contribution is 5.74. The van der Waals surface area contributed by atoms with Crippen LogP contribution in [0.4, 0.5) is 0 Å². The molecule has 0 bridgehead atoms. The summed E-state index contributed by atoms with van der Waals surface area (Å²) < 4.78 is 10.8. The van der Waals surface area contributed by atoms with Gasteiger partial charge in [-0.1, -0.05) is 12.7 Å². The fourth-order valence-electron chi connectivity index (χ4n) is 1.75. The summed E-state index contributed by atoms with van der Waals surface area (Å²) in [7, 11) is 1.84. The fraction of sp³-hybridized carbons (Fsp3) is 0.412. The van der Waals surface area contributed by atoms with Gasteiger partial charge < -0.3 is 25.4 Å². The quantitative estimate of drug-likeness (QED) is 0.221. The van der Waals surface area contributed by atoms with Crippen molar-refractivity contribution in [3.05, 3.63) is 36.2 Å². The van der Waals surface area contributed by atoms with E-state index in [4.69, 9.17) is 15.2 Å². The molecular formula is C17H25N3O4. The number of carbonyl (C=O) groups is 2. The van der Waals surface area contributed by atoms with E-state index in [0.29, 0.717) is 12.1 Å². The van der Waals surface area contributed by atoms with E-state index in [1.54, 1.807) is 6.92 Å². The smallest absolute Gasteiger partial charge is 0.322 e. The number of nitrogens with two attached hydrogens (primary N) is 1. The van der Waals surface area contributed by atoms with E-state index in [1.807, 2.05) is 37.2 Å². The molecule has 0 aromatic carbocycles. The first-order chi connectivity index (χ1) is 11.3. The van der Waals surface area contributed by atoms with Gasteiger partial charge in [-0.15, -0.1) is 12.8 Å². The number of nitrogens with one attached hydrogen (secondary N) is 1. The number of rotatable bonds is 8. The number of hydrogen-bond donors (Lipinski definition) is 2. The monoisotopic (exact) mass is 335 g/mol. The van der Waals surface area contributed by atoms with Gasteiger partial charge in [-0.2, -0.15) is 0 Å². The Labute approximate surface area is 143 Å². The van der Waals surface area contributed by atoms with E-state index in [9.17, 15) is 9.59 Å². The number of allylic oxidation sites excluding steroid dienone is 1. The van der Waals surface area contributed by atoms with Crippen LogP contribution in [0.3, 0.4) is 0 Å². The van der Waals surface area contributed by atoms with Gasteiger partial charge in [-0.3, -0.25) is 9.59 Å². The number of likely N-dealkylation sites (N-methyl/N-ethyl adjacent to an activating group) is 1. The lowest BCUT2D eigenvalue weighted by atomic mass is 10.2. The second-order valence-corrected chi connectivity index (χ2v) is 5.09. The largest absolute Gasteiger partial charge is 0.461 e. The number of esters is 1. The maximum atomic E-state index is 11.3. The van der Waals surface area contributed by atoms with Crippen LogP contribution in [0, 0.1) is 12.8 Å². The topological polar surface area (TPSA) is 93.9 Å². The molecule has 1 heterocycles. The molecule has 3 atom stereocenters. The summed E-state index contributed by atoms with van der Waals surface area (Å²) in [4.78, 5) is 23.5. The van der Waals surface area contributed by atoms with Crippen molar-refractivity contribution in [2.45, 2.75) is 32.2 Å². The van der Waals surface area contributed by atoms with Gasteiger partial charge in [0, 0.05) is 18.9 Å². The zero-order chi connectivity index (χ0) is 18.7. The summed E-state index contributed by atoms with van der Waals surface area (Å²) in [6.45, 7) is 7.26. The molecule has 1 aliphatic rings. The number of nitrogens with zero attached hydrogens (tertiary/aromatic N) is 1. The molecule has 1 rings (SSSR count). The Morgan fingerprint density at radius 3 is 2.71 bits per heavy atom. The van der Waals surface area contributed by atoms with Crippen molar-refractivity contribution in [3.63, 3.8) is 0 Å². The zero-order valence-electron chi connectivity index (χ0n) is 14.3. The number of hydrogen-bond acceptors (Lipinski definition) is 6. The maximum absolute atomic E-state index is 11.3. The van der Waals surface area contributed by atoms with E-state index in [2.05, 4.69) is 24.7 Å². The molecule has 24 heavy (non-hydrogen) atoms. The minimum atomic E-state index is -0.647. The predicted molar refractivity (Wildman–Crippen MR) is 92.2 cm³/mol. The minimum absolute atomic E-state index is 0.128. The van der Waals surface area contributed by atoms with Crippen LogP contribution in [0.1, 0.15) is 13.8 Å². The molecule has 0 fully saturated rings. The molecule has 0 aromatic rings. The number of amides is 1. The van der Waals surface area contributed by atoms with Gasteiger partial charge >= 0.3 is 5.97 Å². The first-order valence-electron chi connectivity index (χ1n) is 7.24. The molecule has 0 aromatic heterocycles. The Kier molecular flexibility index (Phi) is 9.87. The molecule has 0 spiro atoms. The molecule has 1 amide bonds. The minimum Gasteiger partial charge on any atom is -0.461 e. The summed E-state index contributed by atoms with van der Waals surface area (Å²) >= 11 is 0. The van der Waals surface area contributed by atoms with Gasteiger partial charge in [0.15, 0.2) is 0 Å². The van der Waals surface area contributed by atoms with Crippen molar-refractivity contribution in [2.75, 3.05) is 13.7 Å². The maximum Gasteiger partial charge on any atom is 0.322 e. The van der Waals surface area contributed by atoms with E-state index in [0.717, 1.165) is 5.57 Å². The molecule has 0 radical (unpaired) electrons. The lowest BCUT2D eigenvalue weighted by Crippen LogP contribution is -2.33. The molecule has 3 N–H and O–H groups in total. The Morgan fingerprint density at radius 2 is 2.17 bits per heavy atom. The van der Waals surface area contributed by atoms with Crippen LogP contribution < -0.4 is 11.1 Å². The van der Waals surface area contributed by atoms with Crippen LogP contribution in [0.5, 0.6) is 0 Å². The van der Waals surface area contributed by atoms with E-state index >= 15 is 0 Å². The van der Waals surface area contributed by atoms with Gasteiger partial charge in [0.25, 0.3) is 0 Å². The van der Waals surface area contributed by atoms with Crippen LogP contribution in [-0.4, -0.2) is 49.3 Å². The predicted octanol–water partition coefficient (Wildman–Crippen LogP) is 0.503. The second-order valence-electron chi connectivity index (χ2n) is 5.09. The molecule has 1 aliphatic heterocycles. The highest BCUT2D eigenvalue weighted by Gasteiger charge is 2.23. The third-order valence-electron chi connectivity index (χ3n) is 3.07. The van der Waals surface area contributed by atoms with Crippen molar-refractivity contribution >= 4 is 12.4 Å². The summed E-state index contributed by atoms with van der Waals surface area (Å²) in [6.07, 6.45) is 13.5. The molecular weight excluding hydrogens is 310 g/mol. The van der Waals surface area contributed by atoms with Crippen molar-refractivity contribution in [3.8, 4) is 12.8 Å². The summed E-state index contributed by atoms with van der Waals surface area (Å²) in [5, 5.41) is 2.50. The Bertz CT molecular complexity index is 523. The first-order valence-corrected chi connectivity index (χ1v) is 7.24. The second kappa shape index (κ2) is 11.0. The highest BCUT2D eigenvalue weighted by Crippen LogP contribution is 2.16. The van der Waals surface area contributed by atoms with Crippen molar-refractivity contribution in [1.29, 1.82) is 0 Å². The van der Waals surface area contributed by atoms with E-state index < -0.39 is 12.0 Å². The molecule has 132 valence electrons. The lowest BCUT2D eigenvalue weighted by Gasteiger charge is -2.24. The van der Waals surface area contributed by atoms with Crippen molar-refractivity contribution in [1.82, 2.24) is 10.2 Å². The Morgan fingerprint density at radius 1 is 1.54 bits per heavy atom. The van der Waals surface area contributed by atoms with Gasteiger partial charge in [0.2, 0.25) is 6.41 Å². The summed E-state index contributed by atoms with van der Waals surface area (Å²) in [5.74, 6) is -0.458. The molecule has 0 saturated carbocycles. The first kappa shape index (κ1) is 21.4. The third-order valence-corrected chi connectivity index (χ3v) is 3.07. The summed E-state index contributed by atoms with van der Waals surface area (Å²) in [6, 6.07) is -0.647. The van der Waals surface area contributed by atoms with E-state index in [-0.39, 0.29) is 18.9 Å². The normalized spacial score (nSPS) is 20.3. The average molecular weight is 335 g/mol. The molecule has 7 heteroatoms. The number of terminal acetylenes is 1. The van der Waals surface area contributed by atoms with Gasteiger partial charge in [0.1, 0.15) is 25.0 Å².